The van der Waals surface area contributed by atoms with Gasteiger partial charge in [0.1, 0.15) is 5.75 Å². The standard InChI is InChI=1S/C33H43F3N2O/c1-2-3-4-5-6-7-8-9-10-11-12-19-32(33(34,35)36)39-31-21-20-26(25-15-13-17-28(37)22-25)24-30(31)27-16-14-18-29(38)23-27/h13-18,20-24,32H,2-12,19,37-38H2,1H3. The average Bonchev–Trinajstić information content (AvgIpc) is 2.90. The van der Waals surface area contributed by atoms with Crippen molar-refractivity contribution >= 4 is 11.4 Å². The molecule has 0 heterocycles. The Balaban J connectivity index is 1.66. The summed E-state index contributed by atoms with van der Waals surface area (Å²) < 4.78 is 47.8. The molecule has 0 aliphatic heterocycles. The van der Waals surface area contributed by atoms with E-state index in [1.807, 2.05) is 30.3 Å². The monoisotopic (exact) mass is 540 g/mol. The van der Waals surface area contributed by atoms with Gasteiger partial charge in [-0.15, -0.1) is 0 Å². The number of hydrogen-bond acceptors (Lipinski definition) is 3. The lowest BCUT2D eigenvalue weighted by atomic mass is 9.97. The van der Waals surface area contributed by atoms with Gasteiger partial charge in [-0.25, -0.2) is 0 Å². The molecule has 3 aromatic rings. The molecule has 0 aromatic heterocycles. The minimum atomic E-state index is -4.46. The molecule has 0 bridgehead atoms. The number of rotatable bonds is 16. The quantitative estimate of drug-likeness (QED) is 0.140. The maximum absolute atomic E-state index is 14.0. The van der Waals surface area contributed by atoms with Crippen LogP contribution < -0.4 is 16.2 Å². The van der Waals surface area contributed by atoms with Crippen molar-refractivity contribution in [1.82, 2.24) is 0 Å². The molecule has 0 saturated heterocycles. The van der Waals surface area contributed by atoms with Crippen molar-refractivity contribution in [3.05, 3.63) is 66.7 Å². The van der Waals surface area contributed by atoms with Crippen LogP contribution in [0, 0.1) is 0 Å². The average molecular weight is 541 g/mol. The van der Waals surface area contributed by atoms with Gasteiger partial charge >= 0.3 is 6.18 Å². The second kappa shape index (κ2) is 15.4. The molecule has 39 heavy (non-hydrogen) atoms. The van der Waals surface area contributed by atoms with E-state index >= 15 is 0 Å². The van der Waals surface area contributed by atoms with Crippen molar-refractivity contribution in [2.75, 3.05) is 11.5 Å². The van der Waals surface area contributed by atoms with Gasteiger partial charge in [-0.2, -0.15) is 13.2 Å². The predicted molar refractivity (Wildman–Crippen MR) is 158 cm³/mol. The smallest absolute Gasteiger partial charge is 0.425 e. The fraction of sp³-hybridized carbons (Fsp3) is 0.455. The van der Waals surface area contributed by atoms with Gasteiger partial charge in [0, 0.05) is 16.9 Å². The second-order valence-corrected chi connectivity index (χ2v) is 10.4. The third-order valence-corrected chi connectivity index (χ3v) is 7.10. The molecule has 1 atom stereocenters. The third-order valence-electron chi connectivity index (χ3n) is 7.10. The normalized spacial score (nSPS) is 12.4. The van der Waals surface area contributed by atoms with Crippen molar-refractivity contribution in [2.45, 2.75) is 96.3 Å². The van der Waals surface area contributed by atoms with E-state index in [2.05, 4.69) is 6.92 Å². The molecule has 0 aliphatic rings. The summed E-state index contributed by atoms with van der Waals surface area (Å²) in [5, 5.41) is 0. The van der Waals surface area contributed by atoms with E-state index in [0.717, 1.165) is 36.8 Å². The first-order valence-corrected chi connectivity index (χ1v) is 14.4. The fourth-order valence-electron chi connectivity index (χ4n) is 4.90. The van der Waals surface area contributed by atoms with E-state index in [0.29, 0.717) is 28.9 Å². The van der Waals surface area contributed by atoms with Crippen LogP contribution in [0.4, 0.5) is 24.5 Å². The Hall–Kier alpha value is -3.15. The molecule has 0 fully saturated rings. The minimum absolute atomic E-state index is 0.0617. The molecule has 3 rings (SSSR count). The highest BCUT2D eigenvalue weighted by Crippen LogP contribution is 2.38. The van der Waals surface area contributed by atoms with E-state index < -0.39 is 12.3 Å². The van der Waals surface area contributed by atoms with Crippen LogP contribution in [0.1, 0.15) is 84.0 Å². The van der Waals surface area contributed by atoms with Crippen LogP contribution in [-0.2, 0) is 0 Å². The molecule has 3 aromatic carbocycles. The Morgan fingerprint density at radius 2 is 1.15 bits per heavy atom. The van der Waals surface area contributed by atoms with Gasteiger partial charge in [0.05, 0.1) is 0 Å². The first-order valence-electron chi connectivity index (χ1n) is 14.4. The summed E-state index contributed by atoms with van der Waals surface area (Å²) in [6, 6.07) is 19.7. The number of nitrogen functional groups attached to an aromatic ring is 2. The van der Waals surface area contributed by atoms with E-state index in [9.17, 15) is 13.2 Å². The zero-order valence-corrected chi connectivity index (χ0v) is 23.1. The Kier molecular flexibility index (Phi) is 12.0. The molecular weight excluding hydrogens is 497 g/mol. The van der Waals surface area contributed by atoms with Crippen LogP contribution >= 0.6 is 0 Å². The molecule has 0 aliphatic carbocycles. The van der Waals surface area contributed by atoms with Crippen molar-refractivity contribution in [3.8, 4) is 28.0 Å². The Labute approximate surface area is 231 Å². The first-order chi connectivity index (χ1) is 18.8. The third kappa shape index (κ3) is 10.2. The second-order valence-electron chi connectivity index (χ2n) is 10.4. The van der Waals surface area contributed by atoms with Crippen molar-refractivity contribution < 1.29 is 17.9 Å². The highest BCUT2D eigenvalue weighted by molar-refractivity contribution is 5.79. The van der Waals surface area contributed by atoms with E-state index in [1.165, 1.54) is 38.5 Å². The number of benzene rings is 3. The molecule has 0 saturated carbocycles. The van der Waals surface area contributed by atoms with Crippen LogP contribution in [0.5, 0.6) is 5.75 Å². The SMILES string of the molecule is CCCCCCCCCCCCCC(Oc1ccc(-c2cccc(N)c2)cc1-c1cccc(N)c1)C(F)(F)F. The summed E-state index contributed by atoms with van der Waals surface area (Å²) in [5.74, 6) is 0.193. The lowest BCUT2D eigenvalue weighted by Gasteiger charge is -2.24. The summed E-state index contributed by atoms with van der Waals surface area (Å²) in [6.45, 7) is 2.21. The number of anilines is 2. The van der Waals surface area contributed by atoms with Crippen molar-refractivity contribution in [1.29, 1.82) is 0 Å². The highest BCUT2D eigenvalue weighted by Gasteiger charge is 2.41. The molecule has 6 heteroatoms. The van der Waals surface area contributed by atoms with Crippen LogP contribution in [0.25, 0.3) is 22.3 Å². The molecule has 1 unspecified atom stereocenters. The van der Waals surface area contributed by atoms with Crippen LogP contribution in [0.3, 0.4) is 0 Å². The lowest BCUT2D eigenvalue weighted by molar-refractivity contribution is -0.196. The zero-order valence-electron chi connectivity index (χ0n) is 23.1. The van der Waals surface area contributed by atoms with Gasteiger partial charge in [-0.3, -0.25) is 0 Å². The van der Waals surface area contributed by atoms with Crippen molar-refractivity contribution in [2.24, 2.45) is 0 Å². The molecule has 0 spiro atoms. The van der Waals surface area contributed by atoms with Gasteiger partial charge in [0.15, 0.2) is 6.10 Å². The van der Waals surface area contributed by atoms with Crippen LogP contribution in [0.15, 0.2) is 66.7 Å². The van der Waals surface area contributed by atoms with Gasteiger partial charge in [0.25, 0.3) is 0 Å². The predicted octanol–water partition coefficient (Wildman–Crippen LogP) is 10.2. The number of halogens is 3. The minimum Gasteiger partial charge on any atom is -0.480 e. The number of ether oxygens (including phenoxy) is 1. The molecule has 4 N–H and O–H groups in total. The number of hydrogen-bond donors (Lipinski definition) is 2. The summed E-state index contributed by atoms with van der Waals surface area (Å²) >= 11 is 0. The number of unbranched alkanes of at least 4 members (excludes halogenated alkanes) is 10. The number of alkyl halides is 3. The Morgan fingerprint density at radius 3 is 1.72 bits per heavy atom. The summed E-state index contributed by atoms with van der Waals surface area (Å²) in [5.41, 5.74) is 16.1. The van der Waals surface area contributed by atoms with Gasteiger partial charge in [0.2, 0.25) is 0 Å². The van der Waals surface area contributed by atoms with Crippen LogP contribution in [0.2, 0.25) is 0 Å². The van der Waals surface area contributed by atoms with E-state index in [1.54, 1.807) is 36.4 Å². The Bertz CT molecular complexity index is 1150. The maximum atomic E-state index is 14.0. The van der Waals surface area contributed by atoms with Gasteiger partial charge in [-0.05, 0) is 65.9 Å². The van der Waals surface area contributed by atoms with Crippen molar-refractivity contribution in [3.63, 3.8) is 0 Å². The summed E-state index contributed by atoms with van der Waals surface area (Å²) in [6.07, 6.45) is 5.70. The molecular formula is C33H43F3N2O. The summed E-state index contributed by atoms with van der Waals surface area (Å²) in [4.78, 5) is 0. The largest absolute Gasteiger partial charge is 0.480 e. The number of nitrogens with two attached hydrogens (primary N) is 2. The maximum Gasteiger partial charge on any atom is 0.425 e. The molecule has 3 nitrogen and oxygen atoms in total. The van der Waals surface area contributed by atoms with Gasteiger partial charge in [-0.1, -0.05) is 101 Å². The zero-order chi connectivity index (χ0) is 28.1. The topological polar surface area (TPSA) is 61.3 Å². The highest BCUT2D eigenvalue weighted by atomic mass is 19.4. The lowest BCUT2D eigenvalue weighted by Crippen LogP contribution is -2.34. The molecule has 0 amide bonds. The Morgan fingerprint density at radius 1 is 0.641 bits per heavy atom. The van der Waals surface area contributed by atoms with E-state index in [4.69, 9.17) is 16.2 Å². The van der Waals surface area contributed by atoms with Crippen LogP contribution in [-0.4, -0.2) is 12.3 Å². The fourth-order valence-corrected chi connectivity index (χ4v) is 4.90. The van der Waals surface area contributed by atoms with Gasteiger partial charge < -0.3 is 16.2 Å². The van der Waals surface area contributed by atoms with E-state index in [-0.39, 0.29) is 12.2 Å². The summed E-state index contributed by atoms with van der Waals surface area (Å²) in [7, 11) is 0. The molecule has 0 radical (unpaired) electrons. The first kappa shape index (κ1) is 30.4. The molecule has 212 valence electrons.